The molecule has 2 rings (SSSR count). The molecule has 2 N–H and O–H groups in total. The number of nitro benzene ring substituents is 1. The van der Waals surface area contributed by atoms with Gasteiger partial charge in [-0.05, 0) is 17.5 Å². The average molecular weight is 305 g/mol. The molecule has 116 valence electrons. The van der Waals surface area contributed by atoms with Gasteiger partial charge in [-0.15, -0.1) is 0 Å². The number of benzene rings is 2. The molecule has 0 saturated carbocycles. The number of esters is 1. The lowest BCUT2D eigenvalue weighted by molar-refractivity contribution is -0.385. The Morgan fingerprint density at radius 2 is 2.00 bits per heavy atom. The number of nitrogens with zero attached hydrogens (tertiary/aromatic N) is 1. The van der Waals surface area contributed by atoms with E-state index in [2.05, 4.69) is 0 Å². The van der Waals surface area contributed by atoms with Crippen LogP contribution in [-0.2, 0) is 16.1 Å². The lowest BCUT2D eigenvalue weighted by Gasteiger charge is -2.10. The van der Waals surface area contributed by atoms with Crippen molar-refractivity contribution in [3.63, 3.8) is 0 Å². The number of phenols is 2. The van der Waals surface area contributed by atoms with Gasteiger partial charge >= 0.3 is 5.97 Å². The normalized spacial score (nSPS) is 10.9. The average Bonchev–Trinajstić information content (AvgIpc) is 2.47. The number of hydrogen-bond acceptors (Lipinski definition) is 6. The molecular formula is C15H15NO6. The molecule has 0 heterocycles. The highest BCUT2D eigenvalue weighted by atomic mass is 16.6. The van der Waals surface area contributed by atoms with Crippen LogP contribution in [0.1, 0.15) is 19.4 Å². The monoisotopic (exact) mass is 305 g/mol. The number of carbonyl (C=O) groups excluding carboxylic acids is 1. The van der Waals surface area contributed by atoms with Gasteiger partial charge in [-0.2, -0.15) is 0 Å². The van der Waals surface area contributed by atoms with Crippen LogP contribution in [-0.4, -0.2) is 21.1 Å². The second-order valence-electron chi connectivity index (χ2n) is 5.15. The molecule has 0 atom stereocenters. The minimum Gasteiger partial charge on any atom is -0.504 e. The maximum atomic E-state index is 11.5. The summed E-state index contributed by atoms with van der Waals surface area (Å²) >= 11 is 0. The van der Waals surface area contributed by atoms with Gasteiger partial charge in [-0.25, -0.2) is 0 Å². The number of rotatable bonds is 4. The van der Waals surface area contributed by atoms with Crippen molar-refractivity contribution in [2.24, 2.45) is 5.92 Å². The zero-order valence-electron chi connectivity index (χ0n) is 12.1. The fraction of sp³-hybridized carbons (Fsp3) is 0.267. The second kappa shape index (κ2) is 5.88. The van der Waals surface area contributed by atoms with Crippen LogP contribution < -0.4 is 0 Å². The van der Waals surface area contributed by atoms with Gasteiger partial charge in [0.15, 0.2) is 11.5 Å². The molecule has 0 unspecified atom stereocenters. The van der Waals surface area contributed by atoms with Crippen molar-refractivity contribution in [2.45, 2.75) is 20.5 Å². The Labute approximate surface area is 125 Å². The fourth-order valence-electron chi connectivity index (χ4n) is 1.98. The predicted molar refractivity (Wildman–Crippen MR) is 78.6 cm³/mol. The van der Waals surface area contributed by atoms with E-state index in [1.54, 1.807) is 13.8 Å². The van der Waals surface area contributed by atoms with Crippen LogP contribution in [0.4, 0.5) is 5.69 Å². The Morgan fingerprint density at radius 3 is 2.59 bits per heavy atom. The van der Waals surface area contributed by atoms with Crippen molar-refractivity contribution in [3.8, 4) is 11.5 Å². The first kappa shape index (κ1) is 15.6. The highest BCUT2D eigenvalue weighted by molar-refractivity contribution is 5.92. The molecule has 7 nitrogen and oxygen atoms in total. The van der Waals surface area contributed by atoms with E-state index in [1.807, 2.05) is 0 Å². The molecule has 0 aromatic heterocycles. The third-order valence-corrected chi connectivity index (χ3v) is 3.21. The maximum absolute atomic E-state index is 11.5. The third kappa shape index (κ3) is 2.93. The van der Waals surface area contributed by atoms with Gasteiger partial charge in [-0.3, -0.25) is 14.9 Å². The highest BCUT2D eigenvalue weighted by Crippen LogP contribution is 2.37. The minimum absolute atomic E-state index is 0.146. The topological polar surface area (TPSA) is 110 Å². The summed E-state index contributed by atoms with van der Waals surface area (Å²) in [6.45, 7) is 3.03. The Bertz CT molecular complexity index is 753. The summed E-state index contributed by atoms with van der Waals surface area (Å²) in [5, 5.41) is 31.2. The Balaban J connectivity index is 2.50. The summed E-state index contributed by atoms with van der Waals surface area (Å²) < 4.78 is 5.01. The molecule has 0 bridgehead atoms. The lowest BCUT2D eigenvalue weighted by Crippen LogP contribution is -2.12. The molecule has 0 aliphatic heterocycles. The summed E-state index contributed by atoms with van der Waals surface area (Å²) in [6.07, 6.45) is 0. The molecular weight excluding hydrogens is 290 g/mol. The predicted octanol–water partition coefficient (Wildman–Crippen LogP) is 2.86. The molecule has 2 aromatic carbocycles. The van der Waals surface area contributed by atoms with E-state index in [0.29, 0.717) is 5.39 Å². The third-order valence-electron chi connectivity index (χ3n) is 3.21. The van der Waals surface area contributed by atoms with E-state index in [9.17, 15) is 25.1 Å². The SMILES string of the molecule is CC(C)C(=O)OCc1cc2c(O)c(O)ccc2cc1[N+](=O)[O-]. The van der Waals surface area contributed by atoms with E-state index in [4.69, 9.17) is 4.74 Å². The zero-order chi connectivity index (χ0) is 16.4. The van der Waals surface area contributed by atoms with Gasteiger partial charge in [0.05, 0.1) is 16.4 Å². The summed E-state index contributed by atoms with van der Waals surface area (Å²) in [5.41, 5.74) is -0.0680. The van der Waals surface area contributed by atoms with Gasteiger partial charge < -0.3 is 14.9 Å². The van der Waals surface area contributed by atoms with E-state index in [-0.39, 0.29) is 40.7 Å². The summed E-state index contributed by atoms with van der Waals surface area (Å²) in [5.74, 6) is -1.53. The van der Waals surface area contributed by atoms with Crippen LogP contribution in [0.15, 0.2) is 24.3 Å². The largest absolute Gasteiger partial charge is 0.504 e. The smallest absolute Gasteiger partial charge is 0.308 e. The van der Waals surface area contributed by atoms with E-state index >= 15 is 0 Å². The first-order chi connectivity index (χ1) is 10.3. The second-order valence-corrected chi connectivity index (χ2v) is 5.15. The molecule has 0 spiro atoms. The van der Waals surface area contributed by atoms with Crippen molar-refractivity contribution in [1.29, 1.82) is 0 Å². The van der Waals surface area contributed by atoms with Crippen molar-refractivity contribution < 1.29 is 24.7 Å². The van der Waals surface area contributed by atoms with Gasteiger partial charge in [0.2, 0.25) is 0 Å². The van der Waals surface area contributed by atoms with E-state index < -0.39 is 10.9 Å². The molecule has 7 heteroatoms. The van der Waals surface area contributed by atoms with Gasteiger partial charge in [0.25, 0.3) is 5.69 Å². The van der Waals surface area contributed by atoms with Crippen molar-refractivity contribution in [2.75, 3.05) is 0 Å². The number of fused-ring (bicyclic) bond motifs is 1. The number of nitro groups is 1. The molecule has 0 radical (unpaired) electrons. The van der Waals surface area contributed by atoms with Crippen LogP contribution in [0.2, 0.25) is 0 Å². The van der Waals surface area contributed by atoms with Crippen LogP contribution in [0, 0.1) is 16.0 Å². The van der Waals surface area contributed by atoms with Crippen molar-refractivity contribution >= 4 is 22.4 Å². The lowest BCUT2D eigenvalue weighted by atomic mass is 10.0. The summed E-state index contributed by atoms with van der Waals surface area (Å²) in [6, 6.07) is 5.32. The van der Waals surface area contributed by atoms with Gasteiger partial charge in [-0.1, -0.05) is 19.9 Å². The Morgan fingerprint density at radius 1 is 1.32 bits per heavy atom. The first-order valence-electron chi connectivity index (χ1n) is 6.60. The van der Waals surface area contributed by atoms with Gasteiger partial charge in [0, 0.05) is 11.5 Å². The molecule has 0 amide bonds. The summed E-state index contributed by atoms with van der Waals surface area (Å²) in [7, 11) is 0. The van der Waals surface area contributed by atoms with Gasteiger partial charge in [0.1, 0.15) is 6.61 Å². The van der Waals surface area contributed by atoms with Crippen LogP contribution in [0.5, 0.6) is 11.5 Å². The minimum atomic E-state index is -0.581. The number of carbonyl (C=O) groups is 1. The fourth-order valence-corrected chi connectivity index (χ4v) is 1.98. The molecule has 2 aromatic rings. The van der Waals surface area contributed by atoms with Crippen LogP contribution in [0.25, 0.3) is 10.8 Å². The summed E-state index contributed by atoms with van der Waals surface area (Å²) in [4.78, 5) is 22.1. The van der Waals surface area contributed by atoms with Crippen molar-refractivity contribution in [1.82, 2.24) is 0 Å². The molecule has 0 saturated heterocycles. The van der Waals surface area contributed by atoms with Crippen LogP contribution >= 0.6 is 0 Å². The number of hydrogen-bond donors (Lipinski definition) is 2. The van der Waals surface area contributed by atoms with Crippen LogP contribution in [0.3, 0.4) is 0 Å². The first-order valence-corrected chi connectivity index (χ1v) is 6.60. The quantitative estimate of drug-likeness (QED) is 0.389. The Hall–Kier alpha value is -2.83. The molecule has 0 fully saturated rings. The Kier molecular flexibility index (Phi) is 4.16. The standard InChI is InChI=1S/C15H15NO6/c1-8(2)15(19)22-7-10-5-11-9(6-12(10)16(20)21)3-4-13(17)14(11)18/h3-6,8,17-18H,7H2,1-2H3. The number of aromatic hydroxyl groups is 2. The number of phenolic OH excluding ortho intramolecular Hbond substituents is 2. The van der Waals surface area contributed by atoms with Crippen molar-refractivity contribution in [3.05, 3.63) is 39.9 Å². The molecule has 0 aliphatic rings. The molecule has 22 heavy (non-hydrogen) atoms. The van der Waals surface area contributed by atoms with E-state index in [1.165, 1.54) is 24.3 Å². The number of ether oxygens (including phenoxy) is 1. The molecule has 0 aliphatic carbocycles. The van der Waals surface area contributed by atoms with E-state index in [0.717, 1.165) is 0 Å². The highest BCUT2D eigenvalue weighted by Gasteiger charge is 2.19. The zero-order valence-corrected chi connectivity index (χ0v) is 12.1. The maximum Gasteiger partial charge on any atom is 0.308 e.